The Balaban J connectivity index is 1.27. The number of rotatable bonds is 9. The number of nitrogens with zero attached hydrogens (tertiary/aromatic N) is 1. The second-order valence-electron chi connectivity index (χ2n) is 12.1. The molecule has 1 heterocycles. The molecule has 6 heteroatoms. The summed E-state index contributed by atoms with van der Waals surface area (Å²) in [5.41, 5.74) is 0.869. The van der Waals surface area contributed by atoms with Crippen LogP contribution in [-0.4, -0.2) is 49.5 Å². The van der Waals surface area contributed by atoms with E-state index in [0.717, 1.165) is 43.7 Å². The van der Waals surface area contributed by atoms with Crippen LogP contribution in [0.5, 0.6) is 5.75 Å². The molecule has 35 heavy (non-hydrogen) atoms. The third-order valence-corrected chi connectivity index (χ3v) is 9.30. The van der Waals surface area contributed by atoms with Crippen molar-refractivity contribution in [1.82, 2.24) is 15.5 Å². The molecule has 2 atom stereocenters. The lowest BCUT2D eigenvalue weighted by molar-refractivity contribution is -0.149. The van der Waals surface area contributed by atoms with Crippen LogP contribution in [0.3, 0.4) is 0 Å². The van der Waals surface area contributed by atoms with E-state index in [2.05, 4.69) is 21.6 Å². The highest BCUT2D eigenvalue weighted by Crippen LogP contribution is 2.60. The summed E-state index contributed by atoms with van der Waals surface area (Å²) >= 11 is 0. The second-order valence-corrected chi connectivity index (χ2v) is 12.1. The molecule has 4 saturated carbocycles. The van der Waals surface area contributed by atoms with Crippen LogP contribution in [0.2, 0.25) is 0 Å². The first kappa shape index (κ1) is 24.6. The van der Waals surface area contributed by atoms with E-state index >= 15 is 0 Å². The van der Waals surface area contributed by atoms with Crippen molar-refractivity contribution in [2.75, 3.05) is 26.7 Å². The maximum absolute atomic E-state index is 13.7. The molecule has 1 aromatic rings. The number of benzene rings is 1. The smallest absolute Gasteiger partial charge is 0.242 e. The monoisotopic (exact) mass is 481 g/mol. The van der Waals surface area contributed by atoms with Crippen LogP contribution in [0.15, 0.2) is 24.3 Å². The first-order chi connectivity index (χ1) is 16.9. The third-order valence-electron chi connectivity index (χ3n) is 9.30. The first-order valence-corrected chi connectivity index (χ1v) is 13.8. The molecule has 2 amide bonds. The highest BCUT2D eigenvalue weighted by molar-refractivity contribution is 5.90. The van der Waals surface area contributed by atoms with E-state index in [4.69, 9.17) is 4.74 Å². The lowest BCUT2D eigenvalue weighted by atomic mass is 9.49. The molecule has 192 valence electrons. The number of hydrogen-bond donors (Lipinski definition) is 2. The number of methoxy groups -OCH3 is 1. The van der Waals surface area contributed by atoms with Crippen LogP contribution in [0.4, 0.5) is 0 Å². The largest absolute Gasteiger partial charge is 0.496 e. The van der Waals surface area contributed by atoms with Gasteiger partial charge in [-0.05, 0) is 94.2 Å². The Bertz CT molecular complexity index is 888. The van der Waals surface area contributed by atoms with Crippen molar-refractivity contribution in [3.63, 3.8) is 0 Å². The van der Waals surface area contributed by atoms with E-state index in [-0.39, 0.29) is 29.2 Å². The molecule has 0 aromatic heterocycles. The number of para-hydroxylation sites is 1. The van der Waals surface area contributed by atoms with Gasteiger partial charge in [0.25, 0.3) is 0 Å². The molecular formula is C29H43N3O3. The lowest BCUT2D eigenvalue weighted by Gasteiger charge is -2.55. The third kappa shape index (κ3) is 4.96. The summed E-state index contributed by atoms with van der Waals surface area (Å²) in [6, 6.07) is 7.66. The summed E-state index contributed by atoms with van der Waals surface area (Å²) in [6.07, 6.45) is 9.32. The Labute approximate surface area is 210 Å². The quantitative estimate of drug-likeness (QED) is 0.552. The second kappa shape index (κ2) is 10.1. The van der Waals surface area contributed by atoms with Gasteiger partial charge in [-0.1, -0.05) is 32.0 Å². The summed E-state index contributed by atoms with van der Waals surface area (Å²) in [4.78, 5) is 29.6. The van der Waals surface area contributed by atoms with E-state index in [1.165, 1.54) is 32.1 Å². The number of ether oxygens (including phenoxy) is 1. The topological polar surface area (TPSA) is 70.7 Å². The molecule has 0 spiro atoms. The van der Waals surface area contributed by atoms with Gasteiger partial charge < -0.3 is 15.4 Å². The molecule has 1 aliphatic heterocycles. The molecule has 5 fully saturated rings. The van der Waals surface area contributed by atoms with E-state index in [1.807, 2.05) is 32.0 Å². The predicted molar refractivity (Wildman–Crippen MR) is 137 cm³/mol. The minimum absolute atomic E-state index is 0.0318. The summed E-state index contributed by atoms with van der Waals surface area (Å²) in [6.45, 7) is 6.62. The van der Waals surface area contributed by atoms with E-state index in [1.54, 1.807) is 7.11 Å². The molecule has 1 aromatic carbocycles. The minimum atomic E-state index is -0.507. The SMILES string of the molecule is COc1ccccc1[C@@H](CNC(=O)[C@H](NC(=O)C12CC3CC(CC(C3)C1)C2)C(C)C)N1CCCC1. The normalized spacial score (nSPS) is 31.4. The zero-order valence-electron chi connectivity index (χ0n) is 21.7. The number of carbonyl (C=O) groups excluding carboxylic acids is 2. The number of hydrogen-bond acceptors (Lipinski definition) is 4. The number of likely N-dealkylation sites (tertiary alicyclic amines) is 1. The van der Waals surface area contributed by atoms with Crippen molar-refractivity contribution >= 4 is 11.8 Å². The van der Waals surface area contributed by atoms with Crippen molar-refractivity contribution in [2.45, 2.75) is 77.3 Å². The van der Waals surface area contributed by atoms with Gasteiger partial charge in [-0.3, -0.25) is 14.5 Å². The zero-order chi connectivity index (χ0) is 24.6. The number of amides is 2. The maximum Gasteiger partial charge on any atom is 0.242 e. The Kier molecular flexibility index (Phi) is 7.11. The molecule has 0 unspecified atom stereocenters. The Morgan fingerprint density at radius 1 is 1.03 bits per heavy atom. The molecule has 6 nitrogen and oxygen atoms in total. The van der Waals surface area contributed by atoms with Gasteiger partial charge in [-0.2, -0.15) is 0 Å². The molecule has 5 aliphatic rings. The Morgan fingerprint density at radius 2 is 1.63 bits per heavy atom. The van der Waals surface area contributed by atoms with E-state index in [9.17, 15) is 9.59 Å². The van der Waals surface area contributed by atoms with Crippen LogP contribution < -0.4 is 15.4 Å². The fourth-order valence-electron chi connectivity index (χ4n) is 7.96. The van der Waals surface area contributed by atoms with Gasteiger partial charge in [0.15, 0.2) is 0 Å². The number of nitrogens with one attached hydrogen (secondary N) is 2. The summed E-state index contributed by atoms with van der Waals surface area (Å²) in [7, 11) is 1.70. The average molecular weight is 482 g/mol. The van der Waals surface area contributed by atoms with Crippen LogP contribution in [-0.2, 0) is 9.59 Å². The van der Waals surface area contributed by atoms with Crippen molar-refractivity contribution in [1.29, 1.82) is 0 Å². The van der Waals surface area contributed by atoms with Gasteiger partial charge >= 0.3 is 0 Å². The van der Waals surface area contributed by atoms with Gasteiger partial charge in [0, 0.05) is 17.5 Å². The highest BCUT2D eigenvalue weighted by Gasteiger charge is 2.55. The molecule has 6 rings (SSSR count). The van der Waals surface area contributed by atoms with Crippen molar-refractivity contribution < 1.29 is 14.3 Å². The van der Waals surface area contributed by atoms with Gasteiger partial charge in [0.1, 0.15) is 11.8 Å². The fourth-order valence-corrected chi connectivity index (χ4v) is 7.96. The van der Waals surface area contributed by atoms with Gasteiger partial charge in [0.05, 0.1) is 13.2 Å². The number of carbonyl (C=O) groups is 2. The van der Waals surface area contributed by atoms with Gasteiger partial charge in [0.2, 0.25) is 11.8 Å². The summed E-state index contributed by atoms with van der Waals surface area (Å²) in [5.74, 6) is 3.07. The molecule has 4 bridgehead atoms. The van der Waals surface area contributed by atoms with Crippen LogP contribution in [0, 0.1) is 29.1 Å². The van der Waals surface area contributed by atoms with Gasteiger partial charge in [-0.25, -0.2) is 0 Å². The Morgan fingerprint density at radius 3 is 2.20 bits per heavy atom. The van der Waals surface area contributed by atoms with Crippen molar-refractivity contribution in [3.05, 3.63) is 29.8 Å². The predicted octanol–water partition coefficient (Wildman–Crippen LogP) is 4.31. The van der Waals surface area contributed by atoms with Crippen molar-refractivity contribution in [2.24, 2.45) is 29.1 Å². The first-order valence-electron chi connectivity index (χ1n) is 13.8. The summed E-state index contributed by atoms with van der Waals surface area (Å²) < 4.78 is 5.65. The zero-order valence-corrected chi connectivity index (χ0v) is 21.7. The molecule has 1 saturated heterocycles. The van der Waals surface area contributed by atoms with Crippen molar-refractivity contribution in [3.8, 4) is 5.75 Å². The average Bonchev–Trinajstić information content (AvgIpc) is 3.36. The Hall–Kier alpha value is -2.08. The lowest BCUT2D eigenvalue weighted by Crippen LogP contribution is -2.58. The highest BCUT2D eigenvalue weighted by atomic mass is 16.5. The van der Waals surface area contributed by atoms with E-state index in [0.29, 0.717) is 24.3 Å². The van der Waals surface area contributed by atoms with E-state index < -0.39 is 6.04 Å². The molecule has 2 N–H and O–H groups in total. The van der Waals surface area contributed by atoms with Crippen LogP contribution in [0.25, 0.3) is 0 Å². The molecule has 0 radical (unpaired) electrons. The fraction of sp³-hybridized carbons (Fsp3) is 0.724. The van der Waals surface area contributed by atoms with Gasteiger partial charge in [-0.15, -0.1) is 0 Å². The molecular weight excluding hydrogens is 438 g/mol. The standard InChI is InChI=1S/C29H43N3O3/c1-19(2)26(31-28(34)29-15-20-12-21(16-29)14-22(13-20)17-29)27(33)30-18-24(32-10-6-7-11-32)23-8-4-5-9-25(23)35-3/h4-5,8-9,19-22,24,26H,6-7,10-18H2,1-3H3,(H,30,33)(H,31,34)/t20?,21?,22?,24-,26-,29?/m1/s1. The van der Waals surface area contributed by atoms with Crippen LogP contribution in [0.1, 0.15) is 76.8 Å². The minimum Gasteiger partial charge on any atom is -0.496 e. The molecule has 4 aliphatic carbocycles. The maximum atomic E-state index is 13.7. The van der Waals surface area contributed by atoms with Crippen LogP contribution >= 0.6 is 0 Å². The summed E-state index contributed by atoms with van der Waals surface area (Å²) in [5, 5.41) is 6.46.